The highest BCUT2D eigenvalue weighted by molar-refractivity contribution is 7.98. The number of carbonyl (C=O) groups excluding carboxylic acids is 2. The van der Waals surface area contributed by atoms with Gasteiger partial charge in [0.25, 0.3) is 0 Å². The van der Waals surface area contributed by atoms with Gasteiger partial charge in [-0.3, -0.25) is 9.59 Å². The van der Waals surface area contributed by atoms with Crippen LogP contribution in [0.2, 0.25) is 0 Å². The van der Waals surface area contributed by atoms with Crippen LogP contribution in [0.3, 0.4) is 0 Å². The van der Waals surface area contributed by atoms with Crippen molar-refractivity contribution in [2.45, 2.75) is 72.4 Å². The van der Waals surface area contributed by atoms with E-state index in [1.165, 1.54) is 11.8 Å². The molecule has 0 radical (unpaired) electrons. The molecule has 0 bridgehead atoms. The first kappa shape index (κ1) is 25.4. The maximum absolute atomic E-state index is 12.8. The summed E-state index contributed by atoms with van der Waals surface area (Å²) in [5.74, 6) is -3.05. The van der Waals surface area contributed by atoms with E-state index in [0.717, 1.165) is 0 Å². The summed E-state index contributed by atoms with van der Waals surface area (Å²) in [4.78, 5) is 25.5. The predicted octanol–water partition coefficient (Wildman–Crippen LogP) is 2.13. The Labute approximate surface area is 173 Å². The average Bonchev–Trinajstić information content (AvgIpc) is 2.67. The molecule has 1 aliphatic rings. The second-order valence-corrected chi connectivity index (χ2v) is 9.63. The van der Waals surface area contributed by atoms with E-state index >= 15 is 0 Å². The van der Waals surface area contributed by atoms with Crippen LogP contribution in [-0.4, -0.2) is 63.5 Å². The molecule has 0 aromatic heterocycles. The molecule has 1 rings (SSSR count). The van der Waals surface area contributed by atoms with Crippen molar-refractivity contribution in [2.75, 3.05) is 12.0 Å². The number of aliphatic hydroxyl groups excluding tert-OH is 3. The second kappa shape index (κ2) is 11.0. The zero-order valence-electron chi connectivity index (χ0n) is 18.2. The number of cyclic esters (lactones) is 1. The first-order valence-electron chi connectivity index (χ1n) is 10.2. The van der Waals surface area contributed by atoms with Crippen molar-refractivity contribution in [1.29, 1.82) is 0 Å². The largest absolute Gasteiger partial charge is 0.461 e. The Hall–Kier alpha value is -0.630. The van der Waals surface area contributed by atoms with E-state index in [1.807, 2.05) is 20.1 Å². The third kappa shape index (κ3) is 5.94. The molecule has 10 atom stereocenters. The summed E-state index contributed by atoms with van der Waals surface area (Å²) in [6, 6.07) is 0. The van der Waals surface area contributed by atoms with Gasteiger partial charge in [0.1, 0.15) is 11.9 Å². The molecule has 0 aliphatic carbocycles. The van der Waals surface area contributed by atoms with Crippen molar-refractivity contribution in [3.63, 3.8) is 0 Å². The van der Waals surface area contributed by atoms with Gasteiger partial charge < -0.3 is 20.1 Å². The van der Waals surface area contributed by atoms with Crippen molar-refractivity contribution in [3.05, 3.63) is 0 Å². The summed E-state index contributed by atoms with van der Waals surface area (Å²) in [6.45, 7) is 10.5. The lowest BCUT2D eigenvalue weighted by Crippen LogP contribution is -2.46. The highest BCUT2D eigenvalue weighted by Gasteiger charge is 2.40. The fraction of sp³-hybridized carbons (Fsp3) is 0.905. The smallest absolute Gasteiger partial charge is 0.311 e. The summed E-state index contributed by atoms with van der Waals surface area (Å²) >= 11 is 1.49. The maximum Gasteiger partial charge on any atom is 0.311 e. The predicted molar refractivity (Wildman–Crippen MR) is 111 cm³/mol. The van der Waals surface area contributed by atoms with Crippen LogP contribution in [0, 0.1) is 35.5 Å². The van der Waals surface area contributed by atoms with Gasteiger partial charge in [0.15, 0.2) is 0 Å². The molecule has 0 saturated carbocycles. The molecule has 0 amide bonds. The van der Waals surface area contributed by atoms with Gasteiger partial charge in [-0.25, -0.2) is 0 Å². The zero-order valence-corrected chi connectivity index (χ0v) is 19.0. The minimum atomic E-state index is -1.06. The summed E-state index contributed by atoms with van der Waals surface area (Å²) in [5.41, 5.74) is 0. The number of thioether (sulfide) groups is 1. The summed E-state index contributed by atoms with van der Waals surface area (Å²) in [7, 11) is 0. The van der Waals surface area contributed by atoms with Crippen molar-refractivity contribution >= 4 is 23.5 Å². The number of carbonyl (C=O) groups is 2. The molecule has 164 valence electrons. The van der Waals surface area contributed by atoms with E-state index in [-0.39, 0.29) is 17.6 Å². The third-order valence-electron chi connectivity index (χ3n) is 6.44. The fourth-order valence-corrected chi connectivity index (χ4v) is 4.83. The molecule has 0 aromatic rings. The Balaban J connectivity index is 3.25. The van der Waals surface area contributed by atoms with Gasteiger partial charge >= 0.3 is 5.97 Å². The number of rotatable bonds is 2. The zero-order chi connectivity index (χ0) is 21.8. The number of aliphatic hydroxyl groups is 3. The molecule has 1 aliphatic heterocycles. The summed E-state index contributed by atoms with van der Waals surface area (Å²) < 4.78 is 5.65. The maximum atomic E-state index is 12.8. The number of esters is 1. The van der Waals surface area contributed by atoms with Gasteiger partial charge in [-0.15, -0.1) is 0 Å². The van der Waals surface area contributed by atoms with Crippen LogP contribution in [0.4, 0.5) is 0 Å². The van der Waals surface area contributed by atoms with Crippen molar-refractivity contribution < 1.29 is 29.6 Å². The van der Waals surface area contributed by atoms with Gasteiger partial charge in [-0.2, -0.15) is 11.8 Å². The molecule has 28 heavy (non-hydrogen) atoms. The van der Waals surface area contributed by atoms with Gasteiger partial charge in [0.2, 0.25) is 0 Å². The van der Waals surface area contributed by atoms with E-state index in [0.29, 0.717) is 12.2 Å². The van der Waals surface area contributed by atoms with Crippen LogP contribution in [0.1, 0.15) is 48.0 Å². The van der Waals surface area contributed by atoms with Crippen LogP contribution < -0.4 is 0 Å². The monoisotopic (exact) mass is 418 g/mol. The summed E-state index contributed by atoms with van der Waals surface area (Å²) in [5, 5.41) is 32.1. The van der Waals surface area contributed by atoms with Crippen LogP contribution in [0.5, 0.6) is 0 Å². The Morgan fingerprint density at radius 2 is 1.43 bits per heavy atom. The van der Waals surface area contributed by atoms with Crippen LogP contribution in [0.25, 0.3) is 0 Å². The quantitative estimate of drug-likeness (QED) is 0.590. The molecule has 0 spiro atoms. The minimum Gasteiger partial charge on any atom is -0.461 e. The molecule has 3 N–H and O–H groups in total. The number of ether oxygens (including phenoxy) is 1. The molecule has 1 heterocycles. The standard InChI is InChI=1S/C21H38O6S/c1-10-8-11(2)18(23)14(5)20(25)15(6)21(26)27-16(9-28-7)12(3)19(24)13(4)17(10)22/h10-16,18-20,23-25H,8-9H2,1-7H3/t10-,11+,12+,13+,14-,15-,16-,18+,19+,20+/m1/s1. The third-order valence-corrected chi connectivity index (χ3v) is 7.10. The van der Waals surface area contributed by atoms with Gasteiger partial charge in [0, 0.05) is 29.4 Å². The van der Waals surface area contributed by atoms with Gasteiger partial charge in [0.05, 0.1) is 24.2 Å². The highest BCUT2D eigenvalue weighted by Crippen LogP contribution is 2.31. The Morgan fingerprint density at radius 3 is 1.96 bits per heavy atom. The number of ketones is 1. The lowest BCUT2D eigenvalue weighted by Gasteiger charge is -2.36. The molecular formula is C21H38O6S. The Bertz CT molecular complexity index is 527. The first-order valence-corrected chi connectivity index (χ1v) is 11.6. The van der Waals surface area contributed by atoms with E-state index in [2.05, 4.69) is 0 Å². The van der Waals surface area contributed by atoms with Crippen LogP contribution in [-0.2, 0) is 14.3 Å². The topological polar surface area (TPSA) is 104 Å². The molecule has 0 aromatic carbocycles. The van der Waals surface area contributed by atoms with E-state index in [9.17, 15) is 24.9 Å². The van der Waals surface area contributed by atoms with Crippen LogP contribution >= 0.6 is 11.8 Å². The fourth-order valence-electron chi connectivity index (χ4n) is 4.13. The van der Waals surface area contributed by atoms with E-state index in [1.54, 1.807) is 27.7 Å². The molecular weight excluding hydrogens is 380 g/mol. The lowest BCUT2D eigenvalue weighted by molar-refractivity contribution is -0.164. The number of Topliss-reactive ketones (excluding diaryl/α,β-unsaturated/α-hetero) is 1. The van der Waals surface area contributed by atoms with Crippen molar-refractivity contribution in [3.8, 4) is 0 Å². The van der Waals surface area contributed by atoms with E-state index in [4.69, 9.17) is 4.74 Å². The van der Waals surface area contributed by atoms with Gasteiger partial charge in [-0.1, -0.05) is 34.6 Å². The SMILES string of the molecule is CSC[C@H]1OC(=O)[C@H](C)[C@@H](O)[C@H](C)[C@@H](O)[C@@H](C)C[C@@H](C)C(=O)[C@H](C)[C@@H](O)[C@H]1C. The van der Waals surface area contributed by atoms with Crippen molar-refractivity contribution in [1.82, 2.24) is 0 Å². The second-order valence-electron chi connectivity index (χ2n) is 8.71. The van der Waals surface area contributed by atoms with Crippen molar-refractivity contribution in [2.24, 2.45) is 35.5 Å². The number of hydrogen-bond acceptors (Lipinski definition) is 7. The highest BCUT2D eigenvalue weighted by atomic mass is 32.2. The normalized spacial score (nSPS) is 44.6. The molecule has 6 nitrogen and oxygen atoms in total. The van der Waals surface area contributed by atoms with Gasteiger partial charge in [-0.05, 0) is 25.5 Å². The molecule has 0 unspecified atom stereocenters. The Morgan fingerprint density at radius 1 is 0.893 bits per heavy atom. The molecule has 1 fully saturated rings. The first-order chi connectivity index (χ1) is 12.9. The van der Waals surface area contributed by atoms with Crippen LogP contribution in [0.15, 0.2) is 0 Å². The summed E-state index contributed by atoms with van der Waals surface area (Å²) in [6.07, 6.45) is -1.10. The lowest BCUT2D eigenvalue weighted by atomic mass is 9.77. The molecule has 1 saturated heterocycles. The Kier molecular flexibility index (Phi) is 9.94. The number of hydrogen-bond donors (Lipinski definition) is 3. The minimum absolute atomic E-state index is 0.0637. The average molecular weight is 419 g/mol. The van der Waals surface area contributed by atoms with E-state index < -0.39 is 54.1 Å². The molecule has 7 heteroatoms.